The molecule has 1 aliphatic rings. The molecule has 2 N–H and O–H groups in total. The topological polar surface area (TPSA) is 128 Å². The highest BCUT2D eigenvalue weighted by Crippen LogP contribution is 2.36. The predicted octanol–water partition coefficient (Wildman–Crippen LogP) is 2.84. The van der Waals surface area contributed by atoms with E-state index in [0.717, 1.165) is 11.3 Å². The monoisotopic (exact) mass is 537 g/mol. The van der Waals surface area contributed by atoms with Crippen molar-refractivity contribution in [2.75, 3.05) is 26.1 Å². The highest BCUT2D eigenvalue weighted by Gasteiger charge is 2.34. The summed E-state index contributed by atoms with van der Waals surface area (Å²) in [5, 5.41) is 12.5. The van der Waals surface area contributed by atoms with Crippen molar-refractivity contribution in [3.63, 3.8) is 0 Å². The number of anilines is 1. The number of carbonyl (C=O) groups is 2. The summed E-state index contributed by atoms with van der Waals surface area (Å²) in [4.78, 5) is 43.2. The van der Waals surface area contributed by atoms with Gasteiger partial charge in [-0.1, -0.05) is 23.5 Å². The summed E-state index contributed by atoms with van der Waals surface area (Å²) in [6, 6.07) is 9.24. The van der Waals surface area contributed by atoms with Crippen molar-refractivity contribution in [2.45, 2.75) is 26.8 Å². The van der Waals surface area contributed by atoms with E-state index in [0.29, 0.717) is 43.3 Å². The lowest BCUT2D eigenvalue weighted by Gasteiger charge is -2.25. The van der Waals surface area contributed by atoms with Crippen molar-refractivity contribution in [1.82, 2.24) is 4.57 Å². The average Bonchev–Trinajstić information content (AvgIpc) is 3.21. The van der Waals surface area contributed by atoms with Gasteiger partial charge < -0.3 is 24.6 Å². The molecule has 0 amide bonds. The summed E-state index contributed by atoms with van der Waals surface area (Å²) < 4.78 is 17.9. The SMILES string of the molecule is CCOC(=O)C1=C(C)N=c2s/c(=C\Nc3cccc(C(=O)O)c3C)c(=O)n2[C@H]1c1ccc(OC)c(OC)c1. The number of aromatic nitrogens is 1. The van der Waals surface area contributed by atoms with E-state index in [1.54, 1.807) is 51.1 Å². The van der Waals surface area contributed by atoms with Gasteiger partial charge in [0, 0.05) is 11.9 Å². The molecule has 0 aliphatic carbocycles. The third-order valence-corrected chi connectivity index (χ3v) is 7.15. The zero-order chi connectivity index (χ0) is 27.6. The van der Waals surface area contributed by atoms with Gasteiger partial charge in [0.2, 0.25) is 0 Å². The zero-order valence-electron chi connectivity index (χ0n) is 21.5. The van der Waals surface area contributed by atoms with Gasteiger partial charge in [-0.15, -0.1) is 0 Å². The molecule has 0 fully saturated rings. The van der Waals surface area contributed by atoms with Gasteiger partial charge >= 0.3 is 11.9 Å². The van der Waals surface area contributed by atoms with E-state index in [4.69, 9.17) is 14.2 Å². The van der Waals surface area contributed by atoms with Crippen LogP contribution in [0.3, 0.4) is 0 Å². The van der Waals surface area contributed by atoms with Crippen LogP contribution in [0.1, 0.15) is 41.4 Å². The molecule has 2 aromatic carbocycles. The maximum Gasteiger partial charge on any atom is 0.338 e. The summed E-state index contributed by atoms with van der Waals surface area (Å²) in [5.41, 5.74) is 2.18. The van der Waals surface area contributed by atoms with E-state index in [-0.39, 0.29) is 23.3 Å². The van der Waals surface area contributed by atoms with E-state index in [2.05, 4.69) is 10.3 Å². The molecule has 4 rings (SSSR count). The second-order valence-electron chi connectivity index (χ2n) is 8.34. The van der Waals surface area contributed by atoms with Crippen LogP contribution in [0.2, 0.25) is 0 Å². The Kier molecular flexibility index (Phi) is 7.67. The number of carboxylic acid groups (broad SMARTS) is 1. The minimum absolute atomic E-state index is 0.160. The van der Waals surface area contributed by atoms with Gasteiger partial charge in [0.15, 0.2) is 16.3 Å². The van der Waals surface area contributed by atoms with Crippen LogP contribution in [-0.4, -0.2) is 42.4 Å². The molecule has 1 atom stereocenters. The summed E-state index contributed by atoms with van der Waals surface area (Å²) in [6.45, 7) is 5.27. The Morgan fingerprint density at radius 2 is 1.89 bits per heavy atom. The number of aromatic carboxylic acids is 1. The zero-order valence-corrected chi connectivity index (χ0v) is 22.3. The molecule has 1 aliphatic heterocycles. The molecule has 0 unspecified atom stereocenters. The number of carbonyl (C=O) groups excluding carboxylic acids is 1. The van der Waals surface area contributed by atoms with E-state index in [1.165, 1.54) is 31.1 Å². The van der Waals surface area contributed by atoms with Crippen LogP contribution in [0, 0.1) is 6.92 Å². The Balaban J connectivity index is 1.88. The lowest BCUT2D eigenvalue weighted by atomic mass is 9.95. The van der Waals surface area contributed by atoms with E-state index in [9.17, 15) is 19.5 Å². The fourth-order valence-corrected chi connectivity index (χ4v) is 5.27. The molecule has 0 saturated carbocycles. The molecule has 11 heteroatoms. The third-order valence-electron chi connectivity index (χ3n) is 6.16. The quantitative estimate of drug-likeness (QED) is 0.420. The summed E-state index contributed by atoms with van der Waals surface area (Å²) >= 11 is 1.15. The van der Waals surface area contributed by atoms with Crippen LogP contribution in [-0.2, 0) is 9.53 Å². The maximum absolute atomic E-state index is 13.7. The average molecular weight is 538 g/mol. The van der Waals surface area contributed by atoms with Crippen LogP contribution in [0.4, 0.5) is 5.69 Å². The van der Waals surface area contributed by atoms with Crippen molar-refractivity contribution in [3.05, 3.63) is 84.0 Å². The largest absolute Gasteiger partial charge is 0.493 e. The lowest BCUT2D eigenvalue weighted by Crippen LogP contribution is -2.40. The number of nitrogens with one attached hydrogen (secondary N) is 1. The van der Waals surface area contributed by atoms with Crippen LogP contribution in [0.15, 0.2) is 57.5 Å². The fraction of sp³-hybridized carbons (Fsp3) is 0.259. The standard InChI is InChI=1S/C27H27N3O7S/c1-6-37-26(34)22-15(3)29-27-30(23(22)16-10-11-19(35-4)20(12-16)36-5)24(31)21(38-27)13-28-18-9-7-8-17(14(18)2)25(32)33/h7-13,23,28H,6H2,1-5H3,(H,32,33)/b21-13-/t23-/m0/s1. The van der Waals surface area contributed by atoms with E-state index >= 15 is 0 Å². The number of hydrogen-bond donors (Lipinski definition) is 2. The minimum atomic E-state index is -1.04. The highest BCUT2D eigenvalue weighted by molar-refractivity contribution is 7.07. The van der Waals surface area contributed by atoms with Crippen LogP contribution >= 0.6 is 11.3 Å². The first kappa shape index (κ1) is 26.7. The molecule has 3 aromatic rings. The molecule has 38 heavy (non-hydrogen) atoms. The molecule has 0 spiro atoms. The van der Waals surface area contributed by atoms with Gasteiger partial charge in [-0.3, -0.25) is 9.36 Å². The molecule has 1 aromatic heterocycles. The van der Waals surface area contributed by atoms with Gasteiger partial charge in [0.25, 0.3) is 5.56 Å². The number of esters is 1. The Bertz CT molecular complexity index is 1630. The third kappa shape index (κ3) is 4.80. The molecule has 10 nitrogen and oxygen atoms in total. The highest BCUT2D eigenvalue weighted by atomic mass is 32.1. The number of allylic oxidation sites excluding steroid dienone is 1. The number of thiazole rings is 1. The number of fused-ring (bicyclic) bond motifs is 1. The van der Waals surface area contributed by atoms with E-state index < -0.39 is 18.0 Å². The number of rotatable bonds is 8. The number of carboxylic acids is 1. The summed E-state index contributed by atoms with van der Waals surface area (Å²) in [7, 11) is 3.03. The van der Waals surface area contributed by atoms with Gasteiger partial charge in [0.05, 0.1) is 43.7 Å². The second-order valence-corrected chi connectivity index (χ2v) is 9.35. The number of benzene rings is 2. The van der Waals surface area contributed by atoms with Crippen molar-refractivity contribution in [2.24, 2.45) is 4.99 Å². The molecule has 0 radical (unpaired) electrons. The fourth-order valence-electron chi connectivity index (χ4n) is 4.30. The van der Waals surface area contributed by atoms with Crippen molar-refractivity contribution in [1.29, 1.82) is 0 Å². The minimum Gasteiger partial charge on any atom is -0.493 e. The maximum atomic E-state index is 13.7. The van der Waals surface area contributed by atoms with Crippen molar-refractivity contribution in [3.8, 4) is 11.5 Å². The molecule has 198 valence electrons. The summed E-state index contributed by atoms with van der Waals surface area (Å²) in [5.74, 6) is -0.657. The number of hydrogen-bond acceptors (Lipinski definition) is 9. The van der Waals surface area contributed by atoms with Crippen LogP contribution < -0.4 is 29.7 Å². The Morgan fingerprint density at radius 1 is 1.16 bits per heavy atom. The van der Waals surface area contributed by atoms with Gasteiger partial charge in [-0.25, -0.2) is 14.6 Å². The van der Waals surface area contributed by atoms with Gasteiger partial charge in [0.1, 0.15) is 4.53 Å². The first-order chi connectivity index (χ1) is 18.2. The van der Waals surface area contributed by atoms with E-state index in [1.807, 2.05) is 0 Å². The smallest absolute Gasteiger partial charge is 0.338 e. The van der Waals surface area contributed by atoms with Crippen LogP contribution in [0.25, 0.3) is 6.20 Å². The predicted molar refractivity (Wildman–Crippen MR) is 143 cm³/mol. The molecule has 2 heterocycles. The molecule has 0 bridgehead atoms. The van der Waals surface area contributed by atoms with Crippen molar-refractivity contribution >= 4 is 35.2 Å². The normalized spacial score (nSPS) is 15.0. The number of ether oxygens (including phenoxy) is 3. The first-order valence-corrected chi connectivity index (χ1v) is 12.5. The van der Waals surface area contributed by atoms with Crippen molar-refractivity contribution < 1.29 is 28.9 Å². The Morgan fingerprint density at radius 3 is 2.55 bits per heavy atom. The molecule has 0 saturated heterocycles. The van der Waals surface area contributed by atoms with Gasteiger partial charge in [-0.05, 0) is 56.2 Å². The number of nitrogens with zero attached hydrogens (tertiary/aromatic N) is 2. The molecular formula is C27H27N3O7S. The number of methoxy groups -OCH3 is 2. The molecular weight excluding hydrogens is 510 g/mol. The van der Waals surface area contributed by atoms with Crippen LogP contribution in [0.5, 0.6) is 11.5 Å². The first-order valence-electron chi connectivity index (χ1n) is 11.7. The Hall–Kier alpha value is -4.38. The lowest BCUT2D eigenvalue weighted by molar-refractivity contribution is -0.139. The Labute approximate surface area is 222 Å². The second kappa shape index (κ2) is 10.9. The van der Waals surface area contributed by atoms with Gasteiger partial charge in [-0.2, -0.15) is 0 Å². The summed E-state index contributed by atoms with van der Waals surface area (Å²) in [6.07, 6.45) is 1.52.